The molecule has 1 aromatic rings. The molecule has 2 atom stereocenters. The van der Waals surface area contributed by atoms with Gasteiger partial charge in [-0.25, -0.2) is 0 Å². The van der Waals surface area contributed by atoms with Gasteiger partial charge in [-0.3, -0.25) is 0 Å². The van der Waals surface area contributed by atoms with Gasteiger partial charge in [-0.05, 0) is 38.3 Å². The molecular weight excluding hydrogens is 260 g/mol. The van der Waals surface area contributed by atoms with Crippen molar-refractivity contribution in [1.82, 2.24) is 5.32 Å². The van der Waals surface area contributed by atoms with Crippen LogP contribution in [0.25, 0.3) is 0 Å². The van der Waals surface area contributed by atoms with Crippen molar-refractivity contribution in [3.05, 3.63) is 30.3 Å². The van der Waals surface area contributed by atoms with Gasteiger partial charge in [0.05, 0.1) is 6.10 Å². The summed E-state index contributed by atoms with van der Waals surface area (Å²) < 4.78 is 5.75. The number of rotatable bonds is 9. The van der Waals surface area contributed by atoms with Crippen LogP contribution in [-0.2, 0) is 4.74 Å². The Morgan fingerprint density at radius 3 is 2.76 bits per heavy atom. The summed E-state index contributed by atoms with van der Waals surface area (Å²) >= 11 is 0. The van der Waals surface area contributed by atoms with Crippen LogP contribution in [-0.4, -0.2) is 38.4 Å². The molecule has 0 spiro atoms. The average Bonchev–Trinajstić information content (AvgIpc) is 3.06. The minimum absolute atomic E-state index is 0.408. The third kappa shape index (κ3) is 5.33. The third-order valence-electron chi connectivity index (χ3n) is 4.27. The van der Waals surface area contributed by atoms with E-state index in [0.717, 1.165) is 26.2 Å². The van der Waals surface area contributed by atoms with Crippen molar-refractivity contribution >= 4 is 5.69 Å². The maximum Gasteiger partial charge on any atom is 0.0726 e. The van der Waals surface area contributed by atoms with Crippen molar-refractivity contribution in [2.75, 3.05) is 31.1 Å². The van der Waals surface area contributed by atoms with Crippen LogP contribution in [0.3, 0.4) is 0 Å². The predicted molar refractivity (Wildman–Crippen MR) is 90.0 cm³/mol. The van der Waals surface area contributed by atoms with Gasteiger partial charge in [-0.1, -0.05) is 31.5 Å². The van der Waals surface area contributed by atoms with Gasteiger partial charge in [0.1, 0.15) is 0 Å². The van der Waals surface area contributed by atoms with Gasteiger partial charge < -0.3 is 15.0 Å². The Bertz CT molecular complexity index is 376. The molecule has 0 amide bonds. The molecule has 3 heteroatoms. The van der Waals surface area contributed by atoms with Gasteiger partial charge in [-0.15, -0.1) is 0 Å². The van der Waals surface area contributed by atoms with Crippen molar-refractivity contribution in [1.29, 1.82) is 0 Å². The first kappa shape index (κ1) is 16.3. The van der Waals surface area contributed by atoms with Crippen molar-refractivity contribution in [3.8, 4) is 0 Å². The number of benzene rings is 1. The molecule has 1 fully saturated rings. The third-order valence-corrected chi connectivity index (χ3v) is 4.27. The van der Waals surface area contributed by atoms with Gasteiger partial charge in [0.25, 0.3) is 0 Å². The van der Waals surface area contributed by atoms with Crippen LogP contribution < -0.4 is 10.2 Å². The monoisotopic (exact) mass is 290 g/mol. The second-order valence-corrected chi connectivity index (χ2v) is 5.97. The largest absolute Gasteiger partial charge is 0.377 e. The van der Waals surface area contributed by atoms with Crippen molar-refractivity contribution < 1.29 is 4.74 Å². The van der Waals surface area contributed by atoms with Crippen molar-refractivity contribution in [2.45, 2.75) is 51.7 Å². The zero-order valence-corrected chi connectivity index (χ0v) is 13.6. The number of nitrogens with one attached hydrogen (secondary N) is 1. The lowest BCUT2D eigenvalue weighted by Gasteiger charge is -2.27. The molecule has 118 valence electrons. The summed E-state index contributed by atoms with van der Waals surface area (Å²) in [7, 11) is 0. The highest BCUT2D eigenvalue weighted by atomic mass is 16.5. The van der Waals surface area contributed by atoms with E-state index in [-0.39, 0.29) is 0 Å². The summed E-state index contributed by atoms with van der Waals surface area (Å²) in [5.74, 6) is 0. The van der Waals surface area contributed by atoms with Crippen LogP contribution in [0.15, 0.2) is 30.3 Å². The summed E-state index contributed by atoms with van der Waals surface area (Å²) in [6.07, 6.45) is 5.31. The lowest BCUT2D eigenvalue weighted by Crippen LogP contribution is -2.41. The van der Waals surface area contributed by atoms with Gasteiger partial charge in [0.2, 0.25) is 0 Å². The predicted octanol–water partition coefficient (Wildman–Crippen LogP) is 3.45. The summed E-state index contributed by atoms with van der Waals surface area (Å²) in [6, 6.07) is 11.2. The second-order valence-electron chi connectivity index (χ2n) is 5.97. The molecule has 1 heterocycles. The van der Waals surface area contributed by atoms with Crippen molar-refractivity contribution in [3.63, 3.8) is 0 Å². The Morgan fingerprint density at radius 1 is 1.29 bits per heavy atom. The molecule has 21 heavy (non-hydrogen) atoms. The van der Waals surface area contributed by atoms with E-state index in [9.17, 15) is 0 Å². The van der Waals surface area contributed by atoms with Crippen LogP contribution >= 0.6 is 0 Å². The molecule has 2 unspecified atom stereocenters. The average molecular weight is 290 g/mol. The molecule has 0 saturated carbocycles. The first-order chi connectivity index (χ1) is 10.3. The van der Waals surface area contributed by atoms with E-state index in [1.165, 1.54) is 31.4 Å². The normalized spacial score (nSPS) is 19.6. The maximum absolute atomic E-state index is 5.75. The van der Waals surface area contributed by atoms with E-state index < -0.39 is 0 Å². The summed E-state index contributed by atoms with van der Waals surface area (Å²) in [6.45, 7) is 8.64. The van der Waals surface area contributed by atoms with Crippen LogP contribution in [0.1, 0.15) is 39.5 Å². The van der Waals surface area contributed by atoms with E-state index in [4.69, 9.17) is 4.74 Å². The van der Waals surface area contributed by atoms with Gasteiger partial charge in [-0.2, -0.15) is 0 Å². The minimum atomic E-state index is 0.408. The fraction of sp³-hybridized carbons (Fsp3) is 0.667. The highest BCUT2D eigenvalue weighted by Gasteiger charge is 2.21. The first-order valence-corrected chi connectivity index (χ1v) is 8.46. The fourth-order valence-electron chi connectivity index (χ4n) is 2.91. The van der Waals surface area contributed by atoms with Gasteiger partial charge in [0, 0.05) is 38.0 Å². The molecule has 1 aliphatic heterocycles. The molecule has 1 aliphatic rings. The highest BCUT2D eigenvalue weighted by Crippen LogP contribution is 2.16. The molecule has 0 aliphatic carbocycles. The summed E-state index contributed by atoms with van der Waals surface area (Å²) in [5.41, 5.74) is 1.33. The number of para-hydroxylation sites is 1. The fourth-order valence-corrected chi connectivity index (χ4v) is 2.91. The number of hydrogen-bond donors (Lipinski definition) is 1. The topological polar surface area (TPSA) is 24.5 Å². The Hall–Kier alpha value is -1.06. The molecule has 1 aromatic carbocycles. The van der Waals surface area contributed by atoms with E-state index >= 15 is 0 Å². The number of unbranched alkanes of at least 4 members (excludes halogenated alkanes) is 1. The van der Waals surface area contributed by atoms with E-state index in [2.05, 4.69) is 54.4 Å². The summed E-state index contributed by atoms with van der Waals surface area (Å²) in [5, 5.41) is 3.63. The minimum Gasteiger partial charge on any atom is -0.377 e. The Kier molecular flexibility index (Phi) is 7.04. The second kappa shape index (κ2) is 9.06. The van der Waals surface area contributed by atoms with Gasteiger partial charge >= 0.3 is 0 Å². The Balaban J connectivity index is 1.78. The van der Waals surface area contributed by atoms with E-state index in [1.54, 1.807) is 0 Å². The number of anilines is 1. The lowest BCUT2D eigenvalue weighted by atomic mass is 10.1. The molecule has 0 aromatic heterocycles. The van der Waals surface area contributed by atoms with Crippen molar-refractivity contribution in [2.24, 2.45) is 0 Å². The molecule has 0 bridgehead atoms. The number of ether oxygens (including phenoxy) is 1. The maximum atomic E-state index is 5.75. The summed E-state index contributed by atoms with van der Waals surface area (Å²) in [4.78, 5) is 2.48. The quantitative estimate of drug-likeness (QED) is 0.754. The standard InChI is InChI=1S/C18H30N2O/c1-3-4-13-20(17-9-6-5-7-10-17)14-12-19-16(2)18-11-8-15-21-18/h5-7,9-10,16,18-19H,3-4,8,11-15H2,1-2H3. The molecular formula is C18H30N2O. The Labute approximate surface area is 129 Å². The van der Waals surface area contributed by atoms with Crippen LogP contribution in [0, 0.1) is 0 Å². The first-order valence-electron chi connectivity index (χ1n) is 8.46. The highest BCUT2D eigenvalue weighted by molar-refractivity contribution is 5.45. The Morgan fingerprint density at radius 2 is 2.10 bits per heavy atom. The zero-order valence-electron chi connectivity index (χ0n) is 13.6. The molecule has 2 rings (SSSR count). The van der Waals surface area contributed by atoms with Gasteiger partial charge in [0.15, 0.2) is 0 Å². The van der Waals surface area contributed by atoms with Crippen LogP contribution in [0.5, 0.6) is 0 Å². The van der Waals surface area contributed by atoms with Crippen LogP contribution in [0.4, 0.5) is 5.69 Å². The molecule has 3 nitrogen and oxygen atoms in total. The molecule has 1 saturated heterocycles. The van der Waals surface area contributed by atoms with E-state index in [1.807, 2.05) is 0 Å². The number of hydrogen-bond acceptors (Lipinski definition) is 3. The van der Waals surface area contributed by atoms with E-state index in [0.29, 0.717) is 12.1 Å². The lowest BCUT2D eigenvalue weighted by molar-refractivity contribution is 0.0840. The smallest absolute Gasteiger partial charge is 0.0726 e. The molecule has 0 radical (unpaired) electrons. The van der Waals surface area contributed by atoms with Crippen LogP contribution in [0.2, 0.25) is 0 Å². The SMILES string of the molecule is CCCCN(CCNC(C)C1CCCO1)c1ccccc1. The zero-order chi connectivity index (χ0) is 14.9. The molecule has 1 N–H and O–H groups in total. The number of nitrogens with zero attached hydrogens (tertiary/aromatic N) is 1.